The lowest BCUT2D eigenvalue weighted by atomic mass is 10.1. The van der Waals surface area contributed by atoms with E-state index < -0.39 is 0 Å². The molecular weight excluding hydrogens is 300 g/mol. The van der Waals surface area contributed by atoms with E-state index in [2.05, 4.69) is 37.2 Å². The largest absolute Gasteiger partial charge is 0.383 e. The molecule has 1 atom stereocenters. The van der Waals surface area contributed by atoms with Gasteiger partial charge < -0.3 is 5.32 Å². The van der Waals surface area contributed by atoms with Crippen molar-refractivity contribution in [1.29, 1.82) is 0 Å². The van der Waals surface area contributed by atoms with Gasteiger partial charge in [0.05, 0.1) is 17.1 Å². The fraction of sp³-hybridized carbons (Fsp3) is 0.267. The average Bonchev–Trinajstić information content (AvgIpc) is 3.08. The molecule has 3 heterocycles. The summed E-state index contributed by atoms with van der Waals surface area (Å²) in [6.45, 7) is 4.86. The summed E-state index contributed by atoms with van der Waals surface area (Å²) in [5.74, 6) is 1.92. The van der Waals surface area contributed by atoms with E-state index in [1.165, 1.54) is 0 Å². The highest BCUT2D eigenvalue weighted by Crippen LogP contribution is 2.34. The molecule has 1 aliphatic heterocycles. The standard InChI is InChI=1S/C15H15ClN6/c1-8-7-17-11-6-10(16)3-4-13(11)22-14(8)20-21-15(22)12-5-9(2)18-19-12/h3-6,8,17H,7H2,1-2H3,(H,18,19). The summed E-state index contributed by atoms with van der Waals surface area (Å²) in [6, 6.07) is 7.77. The highest BCUT2D eigenvalue weighted by molar-refractivity contribution is 6.31. The van der Waals surface area contributed by atoms with E-state index in [-0.39, 0.29) is 5.92 Å². The fourth-order valence-electron chi connectivity index (χ4n) is 2.76. The second-order valence-corrected chi connectivity index (χ2v) is 6.02. The quantitative estimate of drug-likeness (QED) is 0.724. The van der Waals surface area contributed by atoms with Crippen LogP contribution in [0.4, 0.5) is 5.69 Å². The van der Waals surface area contributed by atoms with Gasteiger partial charge in [-0.05, 0) is 31.2 Å². The molecule has 1 unspecified atom stereocenters. The van der Waals surface area contributed by atoms with Crippen molar-refractivity contribution in [1.82, 2.24) is 25.0 Å². The number of hydrogen-bond acceptors (Lipinski definition) is 4. The molecule has 1 aromatic carbocycles. The van der Waals surface area contributed by atoms with E-state index in [1.807, 2.05) is 31.2 Å². The van der Waals surface area contributed by atoms with E-state index in [1.54, 1.807) is 0 Å². The normalized spacial score (nSPS) is 16.6. The van der Waals surface area contributed by atoms with Crippen molar-refractivity contribution in [2.24, 2.45) is 0 Å². The predicted molar refractivity (Wildman–Crippen MR) is 85.6 cm³/mol. The van der Waals surface area contributed by atoms with Gasteiger partial charge in [-0.25, -0.2) is 0 Å². The number of halogens is 1. The molecule has 0 aliphatic carbocycles. The van der Waals surface area contributed by atoms with E-state index in [0.29, 0.717) is 5.02 Å². The first-order valence-electron chi connectivity index (χ1n) is 7.15. The first-order chi connectivity index (χ1) is 10.6. The third kappa shape index (κ3) is 1.99. The Morgan fingerprint density at radius 1 is 1.27 bits per heavy atom. The van der Waals surface area contributed by atoms with Crippen molar-refractivity contribution in [3.63, 3.8) is 0 Å². The molecule has 4 rings (SSSR count). The third-order valence-corrected chi connectivity index (χ3v) is 4.11. The Hall–Kier alpha value is -2.34. The Morgan fingerprint density at radius 3 is 2.91 bits per heavy atom. The van der Waals surface area contributed by atoms with Gasteiger partial charge in [-0.2, -0.15) is 5.10 Å². The Morgan fingerprint density at radius 2 is 2.14 bits per heavy atom. The molecule has 0 amide bonds. The zero-order valence-electron chi connectivity index (χ0n) is 12.3. The van der Waals surface area contributed by atoms with Crippen molar-refractivity contribution >= 4 is 17.3 Å². The molecule has 112 valence electrons. The lowest BCUT2D eigenvalue weighted by Gasteiger charge is -2.11. The van der Waals surface area contributed by atoms with Crippen LogP contribution in [0.1, 0.15) is 24.4 Å². The highest BCUT2D eigenvalue weighted by atomic mass is 35.5. The van der Waals surface area contributed by atoms with Crippen LogP contribution in [0.2, 0.25) is 5.02 Å². The minimum absolute atomic E-state index is 0.233. The van der Waals surface area contributed by atoms with Gasteiger partial charge in [-0.15, -0.1) is 10.2 Å². The van der Waals surface area contributed by atoms with Crippen molar-refractivity contribution in [3.8, 4) is 17.2 Å². The Bertz CT molecular complexity index is 850. The van der Waals surface area contributed by atoms with Crippen LogP contribution in [-0.4, -0.2) is 31.5 Å². The summed E-state index contributed by atoms with van der Waals surface area (Å²) < 4.78 is 2.07. The van der Waals surface area contributed by atoms with Crippen LogP contribution in [-0.2, 0) is 0 Å². The zero-order valence-corrected chi connectivity index (χ0v) is 13.0. The maximum atomic E-state index is 6.13. The second-order valence-electron chi connectivity index (χ2n) is 5.58. The summed E-state index contributed by atoms with van der Waals surface area (Å²) in [6.07, 6.45) is 0. The summed E-state index contributed by atoms with van der Waals surface area (Å²) >= 11 is 6.13. The molecule has 0 fully saturated rings. The maximum Gasteiger partial charge on any atom is 0.186 e. The number of rotatable bonds is 1. The van der Waals surface area contributed by atoms with Crippen LogP contribution >= 0.6 is 11.6 Å². The zero-order chi connectivity index (χ0) is 15.3. The number of fused-ring (bicyclic) bond motifs is 3. The Balaban J connectivity index is 1.99. The van der Waals surface area contributed by atoms with Crippen LogP contribution in [0.3, 0.4) is 0 Å². The van der Waals surface area contributed by atoms with Crippen molar-refractivity contribution < 1.29 is 0 Å². The molecule has 2 N–H and O–H groups in total. The fourth-order valence-corrected chi connectivity index (χ4v) is 2.93. The summed E-state index contributed by atoms with van der Waals surface area (Å²) in [4.78, 5) is 0. The van der Waals surface area contributed by atoms with Gasteiger partial charge in [0.15, 0.2) is 5.82 Å². The first kappa shape index (κ1) is 13.3. The number of anilines is 1. The molecule has 22 heavy (non-hydrogen) atoms. The number of benzene rings is 1. The predicted octanol–water partition coefficient (Wildman–Crippen LogP) is 3.15. The molecule has 7 heteroatoms. The molecule has 0 saturated carbocycles. The number of aryl methyl sites for hydroxylation is 1. The number of aromatic nitrogens is 5. The number of hydrogen-bond donors (Lipinski definition) is 2. The van der Waals surface area contributed by atoms with Crippen molar-refractivity contribution in [3.05, 3.63) is 40.8 Å². The Kier molecular flexibility index (Phi) is 2.94. The number of aromatic amines is 1. The minimum atomic E-state index is 0.233. The molecule has 6 nitrogen and oxygen atoms in total. The lowest BCUT2D eigenvalue weighted by Crippen LogP contribution is -2.09. The summed E-state index contributed by atoms with van der Waals surface area (Å²) in [5, 5.41) is 20.1. The van der Waals surface area contributed by atoms with E-state index in [4.69, 9.17) is 11.6 Å². The van der Waals surface area contributed by atoms with Crippen LogP contribution in [0.25, 0.3) is 17.2 Å². The monoisotopic (exact) mass is 314 g/mol. The summed E-state index contributed by atoms with van der Waals surface area (Å²) in [7, 11) is 0. The third-order valence-electron chi connectivity index (χ3n) is 3.87. The average molecular weight is 315 g/mol. The first-order valence-corrected chi connectivity index (χ1v) is 7.53. The van der Waals surface area contributed by atoms with Gasteiger partial charge in [0.1, 0.15) is 11.5 Å². The van der Waals surface area contributed by atoms with Gasteiger partial charge in [0, 0.05) is 17.5 Å². The molecule has 0 saturated heterocycles. The number of H-pyrrole nitrogens is 1. The minimum Gasteiger partial charge on any atom is -0.383 e. The van der Waals surface area contributed by atoms with E-state index >= 15 is 0 Å². The van der Waals surface area contributed by atoms with Gasteiger partial charge in [-0.3, -0.25) is 9.67 Å². The SMILES string of the molecule is Cc1cc(-c2nnc3n2-c2ccc(Cl)cc2NCC3C)[nH]n1. The molecular formula is C15H15ClN6. The van der Waals surface area contributed by atoms with Gasteiger partial charge >= 0.3 is 0 Å². The van der Waals surface area contributed by atoms with Crippen LogP contribution in [0, 0.1) is 6.92 Å². The van der Waals surface area contributed by atoms with E-state index in [9.17, 15) is 0 Å². The number of nitrogens with one attached hydrogen (secondary N) is 2. The van der Waals surface area contributed by atoms with Gasteiger partial charge in [0.2, 0.25) is 0 Å². The highest BCUT2D eigenvalue weighted by Gasteiger charge is 2.25. The number of nitrogens with zero attached hydrogens (tertiary/aromatic N) is 4. The van der Waals surface area contributed by atoms with Crippen LogP contribution in [0.15, 0.2) is 24.3 Å². The van der Waals surface area contributed by atoms with Gasteiger partial charge in [-0.1, -0.05) is 18.5 Å². The Labute approximate surface area is 132 Å². The topological polar surface area (TPSA) is 71.4 Å². The molecule has 0 radical (unpaired) electrons. The molecule has 0 bridgehead atoms. The lowest BCUT2D eigenvalue weighted by molar-refractivity contribution is 0.725. The van der Waals surface area contributed by atoms with Gasteiger partial charge in [0.25, 0.3) is 0 Å². The molecule has 1 aliphatic rings. The maximum absolute atomic E-state index is 6.13. The molecule has 3 aromatic rings. The van der Waals surface area contributed by atoms with Crippen LogP contribution < -0.4 is 5.32 Å². The van der Waals surface area contributed by atoms with E-state index in [0.717, 1.165) is 41.0 Å². The smallest absolute Gasteiger partial charge is 0.186 e. The summed E-state index contributed by atoms with van der Waals surface area (Å²) in [5.41, 5.74) is 3.75. The van der Waals surface area contributed by atoms with Crippen molar-refractivity contribution in [2.45, 2.75) is 19.8 Å². The second kappa shape index (κ2) is 4.84. The molecule has 2 aromatic heterocycles. The van der Waals surface area contributed by atoms with Crippen LogP contribution in [0.5, 0.6) is 0 Å². The molecule has 0 spiro atoms. The van der Waals surface area contributed by atoms with Crippen molar-refractivity contribution in [2.75, 3.05) is 11.9 Å².